The first-order valence-corrected chi connectivity index (χ1v) is 4.60. The maximum atomic E-state index is 5.65. The van der Waals surface area contributed by atoms with Crippen LogP contribution in [0.2, 0.25) is 0 Å². The molecular weight excluding hydrogens is 167 g/mol. The molecule has 0 spiro atoms. The van der Waals surface area contributed by atoms with Crippen molar-refractivity contribution in [3.05, 3.63) is 24.3 Å². The highest BCUT2D eigenvalue weighted by molar-refractivity contribution is 7.27. The summed E-state index contributed by atoms with van der Waals surface area (Å²) in [6.45, 7) is 6.13. The molecule has 1 nitrogen and oxygen atoms in total. The number of hydrogen-bond donors (Lipinski definition) is 0. The van der Waals surface area contributed by atoms with Gasteiger partial charge >= 0.3 is 0 Å². The summed E-state index contributed by atoms with van der Waals surface area (Å²) < 4.78 is 5.65. The molecule has 1 aromatic rings. The molecule has 0 bridgehead atoms. The van der Waals surface area contributed by atoms with E-state index in [-0.39, 0.29) is 5.60 Å². The predicted octanol–water partition coefficient (Wildman–Crippen LogP) is 2.36. The molecule has 0 N–H and O–H groups in total. The predicted molar refractivity (Wildman–Crippen MR) is 56.2 cm³/mol. The van der Waals surface area contributed by atoms with Crippen molar-refractivity contribution in [1.29, 1.82) is 0 Å². The molecule has 0 aromatic heterocycles. The largest absolute Gasteiger partial charge is 0.488 e. The lowest BCUT2D eigenvalue weighted by Gasteiger charge is -2.21. The van der Waals surface area contributed by atoms with Crippen molar-refractivity contribution in [2.75, 3.05) is 0 Å². The number of hydrogen-bond acceptors (Lipinski definition) is 1. The van der Waals surface area contributed by atoms with Gasteiger partial charge in [-0.05, 0) is 38.2 Å². The molecule has 0 aliphatic heterocycles. The Kier molecular flexibility index (Phi) is 2.74. The van der Waals surface area contributed by atoms with Crippen LogP contribution >= 0.6 is 9.24 Å². The van der Waals surface area contributed by atoms with Gasteiger partial charge in [0.25, 0.3) is 0 Å². The van der Waals surface area contributed by atoms with Gasteiger partial charge in [-0.25, -0.2) is 0 Å². The van der Waals surface area contributed by atoms with Crippen LogP contribution in [0, 0.1) is 0 Å². The summed E-state index contributed by atoms with van der Waals surface area (Å²) in [6.07, 6.45) is 0. The molecular formula is C10H15OP. The maximum Gasteiger partial charge on any atom is 0.120 e. The Labute approximate surface area is 76.3 Å². The van der Waals surface area contributed by atoms with E-state index < -0.39 is 0 Å². The maximum absolute atomic E-state index is 5.65. The first kappa shape index (κ1) is 9.54. The topological polar surface area (TPSA) is 9.23 Å². The molecule has 0 heterocycles. The Morgan fingerprint density at radius 2 is 1.58 bits per heavy atom. The number of rotatable bonds is 1. The molecule has 1 atom stereocenters. The van der Waals surface area contributed by atoms with Crippen molar-refractivity contribution < 1.29 is 4.74 Å². The van der Waals surface area contributed by atoms with Crippen molar-refractivity contribution >= 4 is 14.5 Å². The average Bonchev–Trinajstić information content (AvgIpc) is 1.91. The van der Waals surface area contributed by atoms with Crippen LogP contribution in [-0.2, 0) is 0 Å². The fraction of sp³-hybridized carbons (Fsp3) is 0.400. The van der Waals surface area contributed by atoms with E-state index in [0.717, 1.165) is 5.75 Å². The van der Waals surface area contributed by atoms with E-state index in [2.05, 4.69) is 9.24 Å². The van der Waals surface area contributed by atoms with Gasteiger partial charge in [-0.3, -0.25) is 0 Å². The second-order valence-electron chi connectivity index (χ2n) is 3.78. The van der Waals surface area contributed by atoms with Crippen LogP contribution in [-0.4, -0.2) is 5.60 Å². The molecule has 0 saturated heterocycles. The lowest BCUT2D eigenvalue weighted by Crippen LogP contribution is -2.22. The van der Waals surface area contributed by atoms with E-state index in [0.29, 0.717) is 0 Å². The average molecular weight is 182 g/mol. The third-order valence-corrected chi connectivity index (χ3v) is 1.69. The molecule has 0 aliphatic carbocycles. The van der Waals surface area contributed by atoms with Crippen LogP contribution < -0.4 is 10.0 Å². The van der Waals surface area contributed by atoms with Gasteiger partial charge in [0.1, 0.15) is 11.4 Å². The third kappa shape index (κ3) is 3.23. The van der Waals surface area contributed by atoms with E-state index in [1.165, 1.54) is 5.30 Å². The molecule has 0 aliphatic rings. The second-order valence-corrected chi connectivity index (χ2v) is 4.45. The van der Waals surface area contributed by atoms with Gasteiger partial charge in [-0.2, -0.15) is 0 Å². The molecule has 0 amide bonds. The van der Waals surface area contributed by atoms with E-state index in [1.807, 2.05) is 45.0 Å². The highest BCUT2D eigenvalue weighted by Crippen LogP contribution is 2.16. The monoisotopic (exact) mass is 182 g/mol. The Morgan fingerprint density at radius 3 is 2.00 bits per heavy atom. The number of ether oxygens (including phenoxy) is 1. The van der Waals surface area contributed by atoms with Gasteiger partial charge in [-0.1, -0.05) is 12.1 Å². The summed E-state index contributed by atoms with van der Waals surface area (Å²) >= 11 is 0. The lowest BCUT2D eigenvalue weighted by molar-refractivity contribution is 0.131. The Morgan fingerprint density at radius 1 is 1.08 bits per heavy atom. The second kappa shape index (κ2) is 3.45. The highest BCUT2D eigenvalue weighted by atomic mass is 31.0. The van der Waals surface area contributed by atoms with Gasteiger partial charge in [0, 0.05) is 0 Å². The minimum atomic E-state index is -0.109. The Bertz CT molecular complexity index is 246. The SMILES string of the molecule is CC(C)(C)Oc1ccc(P)cc1. The van der Waals surface area contributed by atoms with E-state index in [1.54, 1.807) is 0 Å². The van der Waals surface area contributed by atoms with Crippen LogP contribution in [0.5, 0.6) is 5.75 Å². The molecule has 66 valence electrons. The molecule has 12 heavy (non-hydrogen) atoms. The third-order valence-electron chi connectivity index (χ3n) is 1.30. The van der Waals surface area contributed by atoms with Crippen LogP contribution in [0.4, 0.5) is 0 Å². The Balaban J connectivity index is 2.71. The summed E-state index contributed by atoms with van der Waals surface area (Å²) in [5.74, 6) is 0.925. The molecule has 0 radical (unpaired) electrons. The van der Waals surface area contributed by atoms with Crippen molar-refractivity contribution in [1.82, 2.24) is 0 Å². The van der Waals surface area contributed by atoms with E-state index in [4.69, 9.17) is 4.74 Å². The zero-order valence-electron chi connectivity index (χ0n) is 7.79. The summed E-state index contributed by atoms with van der Waals surface area (Å²) in [7, 11) is 2.65. The molecule has 1 unspecified atom stereocenters. The zero-order chi connectivity index (χ0) is 9.19. The summed E-state index contributed by atoms with van der Waals surface area (Å²) in [5, 5.41) is 1.18. The van der Waals surface area contributed by atoms with Gasteiger partial charge < -0.3 is 4.74 Å². The van der Waals surface area contributed by atoms with Crippen molar-refractivity contribution in [2.45, 2.75) is 26.4 Å². The summed E-state index contributed by atoms with van der Waals surface area (Å²) in [4.78, 5) is 0. The minimum Gasteiger partial charge on any atom is -0.488 e. The van der Waals surface area contributed by atoms with Gasteiger partial charge in [0.2, 0.25) is 0 Å². The fourth-order valence-electron chi connectivity index (χ4n) is 0.889. The smallest absolute Gasteiger partial charge is 0.120 e. The minimum absolute atomic E-state index is 0.109. The lowest BCUT2D eigenvalue weighted by atomic mass is 10.2. The molecule has 1 aromatic carbocycles. The van der Waals surface area contributed by atoms with Gasteiger partial charge in [0.05, 0.1) is 0 Å². The summed E-state index contributed by atoms with van der Waals surface area (Å²) in [6, 6.07) is 8.00. The molecule has 0 saturated carbocycles. The normalized spacial score (nSPS) is 11.3. The van der Waals surface area contributed by atoms with Crippen LogP contribution in [0.25, 0.3) is 0 Å². The molecule has 0 fully saturated rings. The molecule has 1 rings (SSSR count). The van der Waals surface area contributed by atoms with E-state index >= 15 is 0 Å². The molecule has 2 heteroatoms. The van der Waals surface area contributed by atoms with E-state index in [9.17, 15) is 0 Å². The van der Waals surface area contributed by atoms with Crippen molar-refractivity contribution in [3.63, 3.8) is 0 Å². The first-order chi connectivity index (χ1) is 5.47. The zero-order valence-corrected chi connectivity index (χ0v) is 8.95. The van der Waals surface area contributed by atoms with Gasteiger partial charge in [-0.15, -0.1) is 9.24 Å². The quantitative estimate of drug-likeness (QED) is 0.606. The van der Waals surface area contributed by atoms with Crippen LogP contribution in [0.15, 0.2) is 24.3 Å². The Hall–Kier alpha value is -0.550. The standard InChI is InChI=1S/C10H15OP/c1-10(2,3)11-8-4-6-9(12)7-5-8/h4-7H,12H2,1-3H3. The first-order valence-electron chi connectivity index (χ1n) is 4.02. The number of benzene rings is 1. The van der Waals surface area contributed by atoms with Crippen LogP contribution in [0.3, 0.4) is 0 Å². The van der Waals surface area contributed by atoms with Gasteiger partial charge in [0.15, 0.2) is 0 Å². The van der Waals surface area contributed by atoms with Crippen LogP contribution in [0.1, 0.15) is 20.8 Å². The highest BCUT2D eigenvalue weighted by Gasteiger charge is 2.10. The van der Waals surface area contributed by atoms with Crippen molar-refractivity contribution in [2.24, 2.45) is 0 Å². The summed E-state index contributed by atoms with van der Waals surface area (Å²) in [5.41, 5.74) is -0.109. The van der Waals surface area contributed by atoms with Crippen molar-refractivity contribution in [3.8, 4) is 5.75 Å². The fourth-order valence-corrected chi connectivity index (χ4v) is 1.08.